The molecule has 0 bridgehead atoms. The number of rotatable bonds is 6. The van der Waals surface area contributed by atoms with E-state index in [0.717, 1.165) is 47.4 Å². The Morgan fingerprint density at radius 3 is 2.60 bits per heavy atom. The molecule has 3 aromatic rings. The number of carboxylic acid groups (broad SMARTS) is 1. The van der Waals surface area contributed by atoms with E-state index in [0.29, 0.717) is 0 Å². The first-order chi connectivity index (χ1) is 14.7. The highest BCUT2D eigenvalue weighted by molar-refractivity contribution is 5.93. The van der Waals surface area contributed by atoms with Crippen molar-refractivity contribution in [2.45, 2.75) is 25.7 Å². The summed E-state index contributed by atoms with van der Waals surface area (Å²) in [5.74, 6) is -0.238. The number of pyridine rings is 1. The van der Waals surface area contributed by atoms with E-state index >= 15 is 0 Å². The van der Waals surface area contributed by atoms with Crippen molar-refractivity contribution in [2.24, 2.45) is 0 Å². The summed E-state index contributed by atoms with van der Waals surface area (Å²) in [6, 6.07) is 16.8. The summed E-state index contributed by atoms with van der Waals surface area (Å²) in [4.78, 5) is 15.7. The number of anilines is 1. The predicted molar refractivity (Wildman–Crippen MR) is 119 cm³/mol. The lowest BCUT2D eigenvalue weighted by Crippen LogP contribution is -2.31. The van der Waals surface area contributed by atoms with Crippen LogP contribution in [0.25, 0.3) is 22.2 Å². The average molecular weight is 410 g/mol. The molecule has 158 valence electrons. The Labute approximate surface area is 176 Å². The molecule has 0 atom stereocenters. The van der Waals surface area contributed by atoms with E-state index in [4.69, 9.17) is 14.9 Å². The Balaban J connectivity index is 0.000000806. The van der Waals surface area contributed by atoms with Crippen LogP contribution in [-0.4, -0.2) is 47.6 Å². The van der Waals surface area contributed by atoms with Crippen molar-refractivity contribution in [3.8, 4) is 11.3 Å². The Hall–Kier alpha value is -2.99. The van der Waals surface area contributed by atoms with Gasteiger partial charge in [-0.05, 0) is 63.2 Å². The molecule has 30 heavy (non-hydrogen) atoms. The minimum absolute atomic E-state index is 0.238. The van der Waals surface area contributed by atoms with E-state index in [9.17, 15) is 4.39 Å². The third-order valence-corrected chi connectivity index (χ3v) is 5.25. The van der Waals surface area contributed by atoms with Crippen molar-refractivity contribution in [1.82, 2.24) is 9.88 Å². The van der Waals surface area contributed by atoms with Gasteiger partial charge in [-0.2, -0.15) is 0 Å². The standard InChI is InChI=1S/C23H26FN3.CH2O2/c24-19-9-6-8-18(16-19)22-17-23(20-10-2-3-11-21(20)26-22)25-12-7-15-27-13-4-1-5-14-27;2-1-3/h2-3,6,8-11,16-17H,1,4-5,7,12-15H2,(H,25,26);1H,(H,2,3). The lowest BCUT2D eigenvalue weighted by molar-refractivity contribution is -0.122. The predicted octanol–water partition coefficient (Wildman–Crippen LogP) is 5.03. The molecule has 2 heterocycles. The number of para-hydroxylation sites is 1. The number of nitrogens with one attached hydrogen (secondary N) is 1. The van der Waals surface area contributed by atoms with Crippen LogP contribution >= 0.6 is 0 Å². The van der Waals surface area contributed by atoms with Gasteiger partial charge in [-0.1, -0.05) is 36.8 Å². The van der Waals surface area contributed by atoms with Crippen LogP contribution in [0.4, 0.5) is 10.1 Å². The topological polar surface area (TPSA) is 65.5 Å². The van der Waals surface area contributed by atoms with Gasteiger partial charge >= 0.3 is 0 Å². The normalized spacial score (nSPS) is 14.0. The smallest absolute Gasteiger partial charge is 0.290 e. The fraction of sp³-hybridized carbons (Fsp3) is 0.333. The molecule has 0 amide bonds. The highest BCUT2D eigenvalue weighted by atomic mass is 19.1. The Kier molecular flexibility index (Phi) is 8.15. The van der Waals surface area contributed by atoms with Crippen molar-refractivity contribution < 1.29 is 14.3 Å². The van der Waals surface area contributed by atoms with Crippen LogP contribution in [0.1, 0.15) is 25.7 Å². The van der Waals surface area contributed by atoms with E-state index in [1.807, 2.05) is 30.3 Å². The van der Waals surface area contributed by atoms with E-state index in [2.05, 4.69) is 16.3 Å². The fourth-order valence-electron chi connectivity index (χ4n) is 3.83. The lowest BCUT2D eigenvalue weighted by Gasteiger charge is -2.26. The zero-order chi connectivity index (χ0) is 21.2. The molecule has 1 fully saturated rings. The van der Waals surface area contributed by atoms with Crippen molar-refractivity contribution in [3.63, 3.8) is 0 Å². The molecule has 1 aromatic heterocycles. The highest BCUT2D eigenvalue weighted by Crippen LogP contribution is 2.28. The molecule has 6 heteroatoms. The summed E-state index contributed by atoms with van der Waals surface area (Å²) < 4.78 is 13.6. The second-order valence-corrected chi connectivity index (χ2v) is 7.37. The second-order valence-electron chi connectivity index (χ2n) is 7.37. The molecule has 2 aromatic carbocycles. The third-order valence-electron chi connectivity index (χ3n) is 5.25. The summed E-state index contributed by atoms with van der Waals surface area (Å²) in [6.45, 7) is 4.30. The summed E-state index contributed by atoms with van der Waals surface area (Å²) >= 11 is 0. The minimum Gasteiger partial charge on any atom is -0.483 e. The maximum atomic E-state index is 13.6. The van der Waals surface area contributed by atoms with Crippen LogP contribution in [0.5, 0.6) is 0 Å². The lowest BCUT2D eigenvalue weighted by atomic mass is 10.1. The van der Waals surface area contributed by atoms with Crippen LogP contribution < -0.4 is 5.32 Å². The van der Waals surface area contributed by atoms with E-state index in [-0.39, 0.29) is 12.3 Å². The van der Waals surface area contributed by atoms with Crippen molar-refractivity contribution in [3.05, 3.63) is 60.4 Å². The van der Waals surface area contributed by atoms with Crippen molar-refractivity contribution in [2.75, 3.05) is 31.5 Å². The molecule has 0 saturated carbocycles. The maximum Gasteiger partial charge on any atom is 0.290 e. The van der Waals surface area contributed by atoms with Gasteiger partial charge in [-0.3, -0.25) is 4.79 Å². The minimum atomic E-state index is -0.250. The largest absolute Gasteiger partial charge is 0.483 e. The fourth-order valence-corrected chi connectivity index (χ4v) is 3.83. The van der Waals surface area contributed by atoms with Crippen molar-refractivity contribution >= 4 is 23.1 Å². The van der Waals surface area contributed by atoms with Gasteiger partial charge in [0.25, 0.3) is 6.47 Å². The van der Waals surface area contributed by atoms with Gasteiger partial charge in [-0.15, -0.1) is 0 Å². The van der Waals surface area contributed by atoms with Crippen LogP contribution in [0.15, 0.2) is 54.6 Å². The zero-order valence-corrected chi connectivity index (χ0v) is 17.1. The third kappa shape index (κ3) is 6.00. The second kappa shape index (κ2) is 11.3. The van der Waals surface area contributed by atoms with E-state index < -0.39 is 0 Å². The molecule has 1 aliphatic rings. The number of halogens is 1. The molecule has 5 nitrogen and oxygen atoms in total. The molecule has 0 radical (unpaired) electrons. The number of hydrogen-bond acceptors (Lipinski definition) is 4. The van der Waals surface area contributed by atoms with Crippen LogP contribution in [-0.2, 0) is 4.79 Å². The summed E-state index contributed by atoms with van der Waals surface area (Å²) in [7, 11) is 0. The number of hydrogen-bond donors (Lipinski definition) is 2. The number of carbonyl (C=O) groups is 1. The Morgan fingerprint density at radius 1 is 1.07 bits per heavy atom. The molecule has 0 aliphatic carbocycles. The molecule has 1 saturated heterocycles. The van der Waals surface area contributed by atoms with Crippen LogP contribution in [0.3, 0.4) is 0 Å². The van der Waals surface area contributed by atoms with Gasteiger partial charge in [0.1, 0.15) is 5.82 Å². The Bertz CT molecular complexity index is 958. The quantitative estimate of drug-likeness (QED) is 0.442. The molecular weight excluding hydrogens is 381 g/mol. The summed E-state index contributed by atoms with van der Waals surface area (Å²) in [5, 5.41) is 11.6. The average Bonchev–Trinajstić information content (AvgIpc) is 2.78. The maximum absolute atomic E-state index is 13.6. The first-order valence-corrected chi connectivity index (χ1v) is 10.4. The number of likely N-dealkylation sites (tertiary alicyclic amines) is 1. The molecule has 0 spiro atoms. The van der Waals surface area contributed by atoms with E-state index in [1.54, 1.807) is 6.07 Å². The molecular formula is C24H28FN3O2. The number of fused-ring (bicyclic) bond motifs is 1. The number of nitrogens with zero attached hydrogens (tertiary/aromatic N) is 2. The van der Waals surface area contributed by atoms with Crippen LogP contribution in [0, 0.1) is 5.82 Å². The number of benzene rings is 2. The van der Waals surface area contributed by atoms with Gasteiger partial charge in [-0.25, -0.2) is 9.37 Å². The van der Waals surface area contributed by atoms with E-state index in [1.165, 1.54) is 44.5 Å². The van der Waals surface area contributed by atoms with Gasteiger partial charge < -0.3 is 15.3 Å². The van der Waals surface area contributed by atoms with Gasteiger partial charge in [0.2, 0.25) is 0 Å². The monoisotopic (exact) mass is 409 g/mol. The van der Waals surface area contributed by atoms with Crippen LogP contribution in [0.2, 0.25) is 0 Å². The van der Waals surface area contributed by atoms with Gasteiger partial charge in [0, 0.05) is 23.2 Å². The first kappa shape index (κ1) is 21.7. The Morgan fingerprint density at radius 2 is 1.83 bits per heavy atom. The molecule has 4 rings (SSSR count). The van der Waals surface area contributed by atoms with Gasteiger partial charge in [0.05, 0.1) is 11.2 Å². The first-order valence-electron chi connectivity index (χ1n) is 10.4. The summed E-state index contributed by atoms with van der Waals surface area (Å²) in [5.41, 5.74) is 3.60. The van der Waals surface area contributed by atoms with Gasteiger partial charge in [0.15, 0.2) is 0 Å². The highest BCUT2D eigenvalue weighted by Gasteiger charge is 2.10. The zero-order valence-electron chi connectivity index (χ0n) is 17.1. The number of aromatic nitrogens is 1. The van der Waals surface area contributed by atoms with Crippen molar-refractivity contribution in [1.29, 1.82) is 0 Å². The SMILES string of the molecule is Fc1cccc(-c2cc(NCCCN3CCCCC3)c3ccccc3n2)c1.O=CO. The summed E-state index contributed by atoms with van der Waals surface area (Å²) in [6.07, 6.45) is 5.16. The molecule has 0 unspecified atom stereocenters. The molecule has 2 N–H and O–H groups in total. The molecule has 1 aliphatic heterocycles. The number of piperidine rings is 1.